The molecule has 0 spiro atoms. The molecule has 1 aliphatic rings. The van der Waals surface area contributed by atoms with Crippen LogP contribution in [0.3, 0.4) is 0 Å². The minimum absolute atomic E-state index is 0.176. The van der Waals surface area contributed by atoms with Crippen molar-refractivity contribution in [3.8, 4) is 11.5 Å². The van der Waals surface area contributed by atoms with Gasteiger partial charge in [-0.3, -0.25) is 0 Å². The smallest absolute Gasteiger partial charge is 0.199 e. The van der Waals surface area contributed by atoms with Crippen molar-refractivity contribution in [1.82, 2.24) is 0 Å². The van der Waals surface area contributed by atoms with Gasteiger partial charge in [0.2, 0.25) is 0 Å². The maximum Gasteiger partial charge on any atom is 0.199 e. The molecule has 1 atom stereocenters. The Morgan fingerprint density at radius 2 is 1.57 bits per heavy atom. The first-order chi connectivity index (χ1) is 20.0. The zero-order valence-electron chi connectivity index (χ0n) is 27.9. The summed E-state index contributed by atoms with van der Waals surface area (Å²) in [5.41, 5.74) is 7.43. The Morgan fingerprint density at radius 3 is 2.17 bits per heavy atom. The standard InChI is InChI=1S/C36H58O5Si/c1-28(14-11-16-29(2)18-13-22-37)15-12-17-30(3)20-21-33-26-34(41-35-19-9-10-23-39-35)31(4)32(5)36(33)40-27-38-24-25-42(6,7)8/h15-16,20,22,26,35H,9-14,17-19,21,23-25,27H2,1-8H3/b28-15+,29-16+,30-20+. The van der Waals surface area contributed by atoms with Gasteiger partial charge in [-0.05, 0) is 109 Å². The number of benzene rings is 1. The molecule has 42 heavy (non-hydrogen) atoms. The van der Waals surface area contributed by atoms with Crippen LogP contribution in [0.25, 0.3) is 0 Å². The number of hydrogen-bond donors (Lipinski definition) is 0. The summed E-state index contributed by atoms with van der Waals surface area (Å²) in [7, 11) is -1.14. The van der Waals surface area contributed by atoms with E-state index in [0.717, 1.165) is 112 Å². The minimum atomic E-state index is -1.14. The molecule has 0 bridgehead atoms. The number of aldehydes is 1. The monoisotopic (exact) mass is 598 g/mol. The van der Waals surface area contributed by atoms with E-state index in [-0.39, 0.29) is 13.1 Å². The molecule has 0 amide bonds. The van der Waals surface area contributed by atoms with Crippen LogP contribution in [0.2, 0.25) is 25.7 Å². The topological polar surface area (TPSA) is 54.0 Å². The van der Waals surface area contributed by atoms with Gasteiger partial charge < -0.3 is 23.7 Å². The minimum Gasteiger partial charge on any atom is -0.467 e. The van der Waals surface area contributed by atoms with E-state index < -0.39 is 8.07 Å². The summed E-state index contributed by atoms with van der Waals surface area (Å²) in [6.45, 7) is 19.6. The number of ether oxygens (including phenoxy) is 4. The van der Waals surface area contributed by atoms with Crippen molar-refractivity contribution in [2.45, 2.75) is 131 Å². The van der Waals surface area contributed by atoms with Crippen LogP contribution < -0.4 is 9.47 Å². The molecule has 1 aromatic rings. The lowest BCUT2D eigenvalue weighted by atomic mass is 9.99. The normalized spacial score (nSPS) is 17.0. The second-order valence-corrected chi connectivity index (χ2v) is 18.8. The molecule has 236 valence electrons. The van der Waals surface area contributed by atoms with Crippen LogP contribution in [0.5, 0.6) is 11.5 Å². The van der Waals surface area contributed by atoms with E-state index in [2.05, 4.69) is 78.6 Å². The van der Waals surface area contributed by atoms with Crippen LogP contribution >= 0.6 is 0 Å². The van der Waals surface area contributed by atoms with Crippen molar-refractivity contribution in [3.05, 3.63) is 57.7 Å². The van der Waals surface area contributed by atoms with Crippen LogP contribution in [0.15, 0.2) is 41.0 Å². The zero-order valence-corrected chi connectivity index (χ0v) is 28.9. The van der Waals surface area contributed by atoms with E-state index in [0.29, 0.717) is 6.42 Å². The Balaban J connectivity index is 2.05. The van der Waals surface area contributed by atoms with Gasteiger partial charge in [0.05, 0.1) is 6.61 Å². The number of carbonyl (C=O) groups is 1. The van der Waals surface area contributed by atoms with Crippen molar-refractivity contribution in [1.29, 1.82) is 0 Å². The van der Waals surface area contributed by atoms with Crippen LogP contribution in [-0.2, 0) is 20.7 Å². The van der Waals surface area contributed by atoms with Crippen molar-refractivity contribution in [3.63, 3.8) is 0 Å². The zero-order chi connectivity index (χ0) is 31.0. The largest absolute Gasteiger partial charge is 0.467 e. The van der Waals surface area contributed by atoms with Gasteiger partial charge in [-0.1, -0.05) is 54.6 Å². The highest BCUT2D eigenvalue weighted by atomic mass is 28.3. The summed E-state index contributed by atoms with van der Waals surface area (Å²) in [5, 5.41) is 0. The summed E-state index contributed by atoms with van der Waals surface area (Å²) < 4.78 is 24.4. The lowest BCUT2D eigenvalue weighted by Crippen LogP contribution is -2.25. The average Bonchev–Trinajstić information content (AvgIpc) is 2.94. The van der Waals surface area contributed by atoms with E-state index in [1.165, 1.54) is 16.7 Å². The van der Waals surface area contributed by atoms with Gasteiger partial charge in [-0.2, -0.15) is 0 Å². The Hall–Kier alpha value is -2.15. The van der Waals surface area contributed by atoms with Crippen LogP contribution in [0.1, 0.15) is 95.2 Å². The van der Waals surface area contributed by atoms with Crippen molar-refractivity contribution < 1.29 is 23.7 Å². The molecule has 2 rings (SSSR count). The van der Waals surface area contributed by atoms with Crippen LogP contribution in [0, 0.1) is 13.8 Å². The maximum atomic E-state index is 10.6. The quantitative estimate of drug-likeness (QED) is 0.0521. The van der Waals surface area contributed by atoms with Crippen molar-refractivity contribution >= 4 is 14.4 Å². The number of allylic oxidation sites excluding steroid dienone is 6. The number of carbonyl (C=O) groups excluding carboxylic acids is 1. The molecular formula is C36H58O5Si. The van der Waals surface area contributed by atoms with E-state index in [1.54, 1.807) is 0 Å². The molecule has 1 unspecified atom stereocenters. The Bertz CT molecular complexity index is 1060. The van der Waals surface area contributed by atoms with E-state index in [9.17, 15) is 4.79 Å². The summed E-state index contributed by atoms with van der Waals surface area (Å²) >= 11 is 0. The lowest BCUT2D eigenvalue weighted by molar-refractivity contribution is -0.107. The van der Waals surface area contributed by atoms with Gasteiger partial charge in [0, 0.05) is 33.1 Å². The van der Waals surface area contributed by atoms with Gasteiger partial charge in [0.15, 0.2) is 13.1 Å². The first kappa shape index (κ1) is 36.0. The van der Waals surface area contributed by atoms with Crippen LogP contribution in [0.4, 0.5) is 0 Å². The average molecular weight is 599 g/mol. The summed E-state index contributed by atoms with van der Waals surface area (Å²) in [6, 6.07) is 3.28. The highest BCUT2D eigenvalue weighted by molar-refractivity contribution is 6.76. The van der Waals surface area contributed by atoms with E-state index in [1.807, 2.05) is 0 Å². The molecule has 1 fully saturated rings. The third-order valence-electron chi connectivity index (χ3n) is 7.94. The second-order valence-electron chi connectivity index (χ2n) is 13.1. The molecule has 0 aliphatic carbocycles. The molecular weight excluding hydrogens is 540 g/mol. The fourth-order valence-corrected chi connectivity index (χ4v) is 5.61. The predicted molar refractivity (Wildman–Crippen MR) is 178 cm³/mol. The highest BCUT2D eigenvalue weighted by Gasteiger charge is 2.20. The molecule has 6 heteroatoms. The van der Waals surface area contributed by atoms with Crippen molar-refractivity contribution in [2.24, 2.45) is 0 Å². The maximum absolute atomic E-state index is 10.6. The van der Waals surface area contributed by atoms with E-state index in [4.69, 9.17) is 18.9 Å². The Morgan fingerprint density at radius 1 is 0.929 bits per heavy atom. The predicted octanol–water partition coefficient (Wildman–Crippen LogP) is 9.82. The first-order valence-electron chi connectivity index (χ1n) is 16.0. The SMILES string of the molecule is C/C(=C\CC/C(C)=C/CC/C(C)=C/Cc1cc(OC2CCCCO2)c(C)c(C)c1OCOCC[Si](C)(C)C)CCC=O. The molecule has 0 aromatic heterocycles. The summed E-state index contributed by atoms with van der Waals surface area (Å²) in [4.78, 5) is 10.6. The fraction of sp³-hybridized carbons (Fsp3) is 0.639. The molecule has 1 saturated heterocycles. The molecule has 1 aromatic carbocycles. The van der Waals surface area contributed by atoms with Crippen molar-refractivity contribution in [2.75, 3.05) is 20.0 Å². The van der Waals surface area contributed by atoms with Gasteiger partial charge in [-0.15, -0.1) is 0 Å². The van der Waals surface area contributed by atoms with Gasteiger partial charge in [-0.25, -0.2) is 0 Å². The third kappa shape index (κ3) is 14.3. The highest BCUT2D eigenvalue weighted by Crippen LogP contribution is 2.36. The van der Waals surface area contributed by atoms with Gasteiger partial charge >= 0.3 is 0 Å². The molecule has 0 saturated carbocycles. The van der Waals surface area contributed by atoms with Crippen LogP contribution in [-0.4, -0.2) is 40.7 Å². The van der Waals surface area contributed by atoms with E-state index >= 15 is 0 Å². The molecule has 0 N–H and O–H groups in total. The van der Waals surface area contributed by atoms with Gasteiger partial charge in [0.25, 0.3) is 0 Å². The number of hydrogen-bond acceptors (Lipinski definition) is 5. The molecule has 0 radical (unpaired) electrons. The first-order valence-corrected chi connectivity index (χ1v) is 19.7. The third-order valence-corrected chi connectivity index (χ3v) is 9.64. The Kier molecular flexibility index (Phi) is 16.5. The molecule has 5 nitrogen and oxygen atoms in total. The molecule has 1 heterocycles. The number of rotatable bonds is 19. The Labute approximate surface area is 257 Å². The lowest BCUT2D eigenvalue weighted by Gasteiger charge is -2.26. The summed E-state index contributed by atoms with van der Waals surface area (Å²) in [5.74, 6) is 1.80. The van der Waals surface area contributed by atoms with Gasteiger partial charge in [0.1, 0.15) is 17.8 Å². The fourth-order valence-electron chi connectivity index (χ4n) is 4.86. The summed E-state index contributed by atoms with van der Waals surface area (Å²) in [6.07, 6.45) is 17.4. The second kappa shape index (κ2) is 19.2. The molecule has 1 aliphatic heterocycles.